The Bertz CT molecular complexity index is 516. The van der Waals surface area contributed by atoms with E-state index in [2.05, 4.69) is 26.2 Å². The molecule has 2 saturated carbocycles. The van der Waals surface area contributed by atoms with Crippen molar-refractivity contribution >= 4 is 37.1 Å². The minimum Gasteiger partial charge on any atom is -0.380 e. The first kappa shape index (κ1) is 18.4. The van der Waals surface area contributed by atoms with Gasteiger partial charge in [0.2, 0.25) is 5.79 Å². The largest absolute Gasteiger partial charge is 0.380 e. The number of halogens is 2. The second-order valence-corrected chi connectivity index (χ2v) is 14.0. The number of hydrogen-bond acceptors (Lipinski definition) is 4. The van der Waals surface area contributed by atoms with Crippen molar-refractivity contribution in [2.75, 3.05) is 14.2 Å². The van der Waals surface area contributed by atoms with E-state index in [4.69, 9.17) is 32.7 Å². The predicted octanol–water partition coefficient (Wildman–Crippen LogP) is 2.93. The molecule has 0 heterocycles. The third kappa shape index (κ3) is 1.68. The van der Waals surface area contributed by atoms with Gasteiger partial charge in [-0.15, -0.1) is 29.8 Å². The monoisotopic (exact) mass is 366 g/mol. The van der Waals surface area contributed by atoms with E-state index in [1.54, 1.807) is 0 Å². The van der Waals surface area contributed by atoms with Gasteiger partial charge in [-0.05, 0) is 12.0 Å². The predicted molar refractivity (Wildman–Crippen MR) is 90.4 cm³/mol. The summed E-state index contributed by atoms with van der Waals surface area (Å²) in [6, 6.07) is 0. The quantitative estimate of drug-likeness (QED) is 0.351. The smallest absolute Gasteiger partial charge is 0.217 e. The van der Waals surface area contributed by atoms with Crippen molar-refractivity contribution in [3.8, 4) is 0 Å². The molecule has 2 fully saturated rings. The lowest BCUT2D eigenvalue weighted by atomic mass is 9.79. The second kappa shape index (κ2) is 5.04. The first-order chi connectivity index (χ1) is 9.93. The van der Waals surface area contributed by atoms with Crippen LogP contribution >= 0.6 is 23.2 Å². The summed E-state index contributed by atoms with van der Waals surface area (Å²) in [7, 11) is 0.948. The Kier molecular flexibility index (Phi) is 4.22. The molecule has 2 rings (SSSR count). The third-order valence-electron chi connectivity index (χ3n) is 5.39. The maximum atomic E-state index is 13.1. The Morgan fingerprint density at radius 2 is 1.86 bits per heavy atom. The number of Topliss-reactive ketones (excluding diaryl/α,β-unsaturated/α-hetero) is 1. The maximum absolute atomic E-state index is 13.1. The van der Waals surface area contributed by atoms with Crippen LogP contribution in [0.25, 0.3) is 0 Å². The summed E-state index contributed by atoms with van der Waals surface area (Å²) in [6.07, 6.45) is 1.85. The van der Waals surface area contributed by atoms with Gasteiger partial charge in [0.25, 0.3) is 0 Å². The van der Waals surface area contributed by atoms with E-state index in [9.17, 15) is 9.90 Å². The van der Waals surface area contributed by atoms with E-state index >= 15 is 0 Å². The standard InChI is InChI=1S/C15H24Cl2O4Si/c1-7-8-12(19)11(18)14(17)10(22(4,5)6)9-13(12,16)15(14,20-2)21-3/h7,10,19H,1,8-9H2,2-6H3/t10-,12+,13+,14-/m1/s1. The number of methoxy groups -OCH3 is 2. The normalized spacial score (nSPS) is 43.6. The number of ether oxygens (including phenoxy) is 2. The number of fused-ring (bicyclic) bond motifs is 2. The van der Waals surface area contributed by atoms with Gasteiger partial charge in [-0.2, -0.15) is 0 Å². The summed E-state index contributed by atoms with van der Waals surface area (Å²) < 4.78 is 11.2. The van der Waals surface area contributed by atoms with Crippen molar-refractivity contribution in [3.63, 3.8) is 0 Å². The molecule has 0 aromatic rings. The number of aliphatic hydroxyl groups is 1. The van der Waals surface area contributed by atoms with E-state index in [0.717, 1.165) is 0 Å². The van der Waals surface area contributed by atoms with Crippen molar-refractivity contribution in [1.82, 2.24) is 0 Å². The van der Waals surface area contributed by atoms with Crippen LogP contribution in [0.15, 0.2) is 12.7 Å². The van der Waals surface area contributed by atoms with Gasteiger partial charge < -0.3 is 14.6 Å². The summed E-state index contributed by atoms with van der Waals surface area (Å²) in [6.45, 7) is 9.99. The molecule has 7 heteroatoms. The van der Waals surface area contributed by atoms with Gasteiger partial charge in [-0.1, -0.05) is 25.7 Å². The lowest BCUT2D eigenvalue weighted by Gasteiger charge is -2.43. The lowest BCUT2D eigenvalue weighted by molar-refractivity contribution is -0.230. The van der Waals surface area contributed by atoms with Crippen LogP contribution in [0.3, 0.4) is 0 Å². The number of carbonyl (C=O) groups is 1. The van der Waals surface area contributed by atoms with Crippen molar-refractivity contribution in [2.45, 2.75) is 59.2 Å². The number of alkyl halides is 2. The Hall–Kier alpha value is 0.0869. The highest BCUT2D eigenvalue weighted by molar-refractivity contribution is 6.80. The SMILES string of the molecule is C=CC[C@]1(O)C(=O)[C@]2(Cl)[C@H]([Si](C)(C)C)C[C@@]1(Cl)C2(OC)OC. The highest BCUT2D eigenvalue weighted by Crippen LogP contribution is 2.73. The Balaban J connectivity index is 2.78. The minimum absolute atomic E-state index is 0.0106. The first-order valence-electron chi connectivity index (χ1n) is 7.29. The molecule has 0 saturated heterocycles. The molecule has 0 aliphatic heterocycles. The highest BCUT2D eigenvalue weighted by atomic mass is 35.5. The molecular formula is C15H24Cl2O4Si. The van der Waals surface area contributed by atoms with Crippen molar-refractivity contribution in [3.05, 3.63) is 12.7 Å². The highest BCUT2D eigenvalue weighted by Gasteiger charge is 2.90. The van der Waals surface area contributed by atoms with Gasteiger partial charge in [0, 0.05) is 20.6 Å². The fourth-order valence-electron chi connectivity index (χ4n) is 4.37. The zero-order chi connectivity index (χ0) is 17.2. The Morgan fingerprint density at radius 3 is 2.23 bits per heavy atom. The molecule has 4 nitrogen and oxygen atoms in total. The molecule has 4 atom stereocenters. The van der Waals surface area contributed by atoms with Gasteiger partial charge in [0.05, 0.1) is 8.07 Å². The molecule has 2 aliphatic carbocycles. The molecule has 2 aliphatic rings. The van der Waals surface area contributed by atoms with E-state index < -0.39 is 35.0 Å². The average Bonchev–Trinajstić information content (AvgIpc) is 2.69. The molecule has 0 unspecified atom stereocenters. The fraction of sp³-hybridized carbons (Fsp3) is 0.800. The van der Waals surface area contributed by atoms with Crippen LogP contribution in [0.5, 0.6) is 0 Å². The number of rotatable bonds is 5. The van der Waals surface area contributed by atoms with Crippen LogP contribution in [0.1, 0.15) is 12.8 Å². The lowest BCUT2D eigenvalue weighted by Crippen LogP contribution is -2.60. The molecule has 0 spiro atoms. The van der Waals surface area contributed by atoms with E-state index in [-0.39, 0.29) is 12.0 Å². The molecule has 126 valence electrons. The van der Waals surface area contributed by atoms with Gasteiger partial charge in [-0.25, -0.2) is 0 Å². The second-order valence-electron chi connectivity index (χ2n) is 7.34. The zero-order valence-electron chi connectivity index (χ0n) is 13.7. The number of carbonyl (C=O) groups excluding carboxylic acids is 1. The average molecular weight is 367 g/mol. The number of hydrogen-bond donors (Lipinski definition) is 1. The molecule has 0 radical (unpaired) electrons. The molecule has 1 N–H and O–H groups in total. The van der Waals surface area contributed by atoms with Crippen LogP contribution in [0.2, 0.25) is 25.2 Å². The van der Waals surface area contributed by atoms with Gasteiger partial charge in [0.1, 0.15) is 4.87 Å². The van der Waals surface area contributed by atoms with E-state index in [1.807, 2.05) is 0 Å². The topological polar surface area (TPSA) is 55.8 Å². The summed E-state index contributed by atoms with van der Waals surface area (Å²) >= 11 is 13.7. The van der Waals surface area contributed by atoms with Crippen molar-refractivity contribution in [1.29, 1.82) is 0 Å². The van der Waals surface area contributed by atoms with Crippen LogP contribution in [-0.2, 0) is 14.3 Å². The zero-order valence-corrected chi connectivity index (χ0v) is 16.2. The summed E-state index contributed by atoms with van der Waals surface area (Å²) in [5, 5.41) is 11.1. The van der Waals surface area contributed by atoms with Crippen LogP contribution < -0.4 is 0 Å². The molecule has 2 bridgehead atoms. The first-order valence-corrected chi connectivity index (χ1v) is 11.6. The third-order valence-corrected chi connectivity index (χ3v) is 9.70. The molecule has 0 aromatic heterocycles. The summed E-state index contributed by atoms with van der Waals surface area (Å²) in [5.41, 5.74) is -2.02. The van der Waals surface area contributed by atoms with E-state index in [1.165, 1.54) is 20.3 Å². The Labute approximate surface area is 142 Å². The van der Waals surface area contributed by atoms with Crippen LogP contribution in [-0.4, -0.2) is 54.3 Å². The van der Waals surface area contributed by atoms with Crippen LogP contribution in [0, 0.1) is 0 Å². The molecule has 0 amide bonds. The fourth-order valence-corrected chi connectivity index (χ4v) is 9.14. The molecule has 0 aromatic carbocycles. The van der Waals surface area contributed by atoms with Gasteiger partial charge in [0.15, 0.2) is 16.3 Å². The maximum Gasteiger partial charge on any atom is 0.217 e. The van der Waals surface area contributed by atoms with Gasteiger partial charge in [-0.3, -0.25) is 4.79 Å². The van der Waals surface area contributed by atoms with Gasteiger partial charge >= 0.3 is 0 Å². The summed E-state index contributed by atoms with van der Waals surface area (Å²) in [4.78, 5) is 10.2. The molecular weight excluding hydrogens is 343 g/mol. The molecule has 22 heavy (non-hydrogen) atoms. The van der Waals surface area contributed by atoms with E-state index in [0.29, 0.717) is 6.42 Å². The minimum atomic E-state index is -1.88. The Morgan fingerprint density at radius 1 is 1.36 bits per heavy atom. The van der Waals surface area contributed by atoms with Crippen LogP contribution in [0.4, 0.5) is 0 Å². The van der Waals surface area contributed by atoms with Crippen molar-refractivity contribution < 1.29 is 19.4 Å². The number of ketones is 1. The van der Waals surface area contributed by atoms with Crippen molar-refractivity contribution in [2.24, 2.45) is 0 Å². The summed E-state index contributed by atoms with van der Waals surface area (Å²) in [5.74, 6) is -2.08.